The standard InChI is InChI=1S/C14H13N3OS2/c1-8-7-20-12(11(8)15)14-16-13(17-18-14)9-3-5-10(19-2)6-4-9/h3-7H,15H2,1-2H3. The molecule has 0 bridgehead atoms. The van der Waals surface area contributed by atoms with Gasteiger partial charge in [-0.05, 0) is 48.4 Å². The Morgan fingerprint density at radius 3 is 2.60 bits per heavy atom. The number of hydrogen-bond acceptors (Lipinski definition) is 6. The Hall–Kier alpha value is -1.79. The summed E-state index contributed by atoms with van der Waals surface area (Å²) >= 11 is 3.22. The number of aromatic nitrogens is 2. The zero-order chi connectivity index (χ0) is 14.1. The Labute approximate surface area is 125 Å². The van der Waals surface area contributed by atoms with Crippen LogP contribution < -0.4 is 5.73 Å². The van der Waals surface area contributed by atoms with Gasteiger partial charge in [-0.25, -0.2) is 0 Å². The van der Waals surface area contributed by atoms with Gasteiger partial charge in [0.1, 0.15) is 4.88 Å². The third kappa shape index (κ3) is 2.32. The monoisotopic (exact) mass is 303 g/mol. The van der Waals surface area contributed by atoms with Crippen LogP contribution in [0.4, 0.5) is 5.69 Å². The first-order valence-electron chi connectivity index (χ1n) is 6.01. The van der Waals surface area contributed by atoms with E-state index in [2.05, 4.69) is 10.1 Å². The molecule has 4 nitrogen and oxygen atoms in total. The van der Waals surface area contributed by atoms with Crippen LogP contribution in [-0.2, 0) is 0 Å². The number of rotatable bonds is 3. The second-order valence-electron chi connectivity index (χ2n) is 4.31. The van der Waals surface area contributed by atoms with Crippen LogP contribution in [-0.4, -0.2) is 16.4 Å². The van der Waals surface area contributed by atoms with Crippen molar-refractivity contribution in [2.75, 3.05) is 12.0 Å². The fraction of sp³-hybridized carbons (Fsp3) is 0.143. The molecule has 2 heterocycles. The Bertz CT molecular complexity index is 731. The quantitative estimate of drug-likeness (QED) is 0.739. The fourth-order valence-corrected chi connectivity index (χ4v) is 3.09. The summed E-state index contributed by atoms with van der Waals surface area (Å²) in [7, 11) is 0. The molecule has 6 heteroatoms. The van der Waals surface area contributed by atoms with Gasteiger partial charge in [0, 0.05) is 10.5 Å². The lowest BCUT2D eigenvalue weighted by atomic mass is 10.2. The van der Waals surface area contributed by atoms with Crippen LogP contribution in [0, 0.1) is 6.92 Å². The Morgan fingerprint density at radius 1 is 1.25 bits per heavy atom. The third-order valence-corrected chi connectivity index (χ3v) is 4.84. The molecule has 3 rings (SSSR count). The molecule has 0 atom stereocenters. The molecule has 1 aromatic carbocycles. The molecule has 0 spiro atoms. The molecule has 0 aliphatic rings. The number of thiophene rings is 1. The topological polar surface area (TPSA) is 64.9 Å². The summed E-state index contributed by atoms with van der Waals surface area (Å²) in [4.78, 5) is 6.47. The molecule has 102 valence electrons. The van der Waals surface area contributed by atoms with Gasteiger partial charge in [0.25, 0.3) is 5.89 Å². The van der Waals surface area contributed by atoms with Crippen molar-refractivity contribution in [3.05, 3.63) is 35.2 Å². The lowest BCUT2D eigenvalue weighted by molar-refractivity contribution is 0.433. The molecule has 0 aliphatic carbocycles. The molecule has 0 saturated heterocycles. The Morgan fingerprint density at radius 2 is 2.00 bits per heavy atom. The predicted molar refractivity (Wildman–Crippen MR) is 84.0 cm³/mol. The van der Waals surface area contributed by atoms with Gasteiger partial charge in [0.15, 0.2) is 0 Å². The summed E-state index contributed by atoms with van der Waals surface area (Å²) in [5.74, 6) is 1.06. The SMILES string of the molecule is CSc1ccc(-c2noc(-c3scc(C)c3N)n2)cc1. The molecular weight excluding hydrogens is 290 g/mol. The van der Waals surface area contributed by atoms with Crippen LogP contribution in [0.15, 0.2) is 39.1 Å². The number of benzene rings is 1. The normalized spacial score (nSPS) is 10.9. The molecule has 0 aliphatic heterocycles. The van der Waals surface area contributed by atoms with Crippen LogP contribution in [0.2, 0.25) is 0 Å². The molecule has 20 heavy (non-hydrogen) atoms. The average molecular weight is 303 g/mol. The number of thioether (sulfide) groups is 1. The van der Waals surface area contributed by atoms with E-state index in [-0.39, 0.29) is 0 Å². The molecule has 0 amide bonds. The summed E-state index contributed by atoms with van der Waals surface area (Å²) in [5.41, 5.74) is 8.68. The number of nitrogen functional groups attached to an aromatic ring is 1. The zero-order valence-electron chi connectivity index (χ0n) is 11.1. The smallest absolute Gasteiger partial charge is 0.270 e. The van der Waals surface area contributed by atoms with Gasteiger partial charge in [-0.2, -0.15) is 4.98 Å². The minimum atomic E-state index is 0.476. The number of hydrogen-bond donors (Lipinski definition) is 1. The number of nitrogens with zero attached hydrogens (tertiary/aromatic N) is 2. The van der Waals surface area contributed by atoms with E-state index in [0.717, 1.165) is 16.0 Å². The first kappa shape index (κ1) is 13.2. The molecule has 0 fully saturated rings. The van der Waals surface area contributed by atoms with E-state index in [1.807, 2.05) is 42.8 Å². The second kappa shape index (κ2) is 5.30. The molecular formula is C14H13N3OS2. The largest absolute Gasteiger partial charge is 0.397 e. The minimum absolute atomic E-state index is 0.476. The average Bonchev–Trinajstić information content (AvgIpc) is 3.08. The maximum atomic E-state index is 6.00. The van der Waals surface area contributed by atoms with Crippen molar-refractivity contribution in [2.24, 2.45) is 0 Å². The van der Waals surface area contributed by atoms with Crippen LogP contribution in [0.1, 0.15) is 5.56 Å². The molecule has 0 radical (unpaired) electrons. The number of aryl methyl sites for hydroxylation is 1. The summed E-state index contributed by atoms with van der Waals surface area (Å²) in [5, 5.41) is 6.01. The molecule has 3 aromatic rings. The van der Waals surface area contributed by atoms with Crippen LogP contribution in [0.3, 0.4) is 0 Å². The number of anilines is 1. The van der Waals surface area contributed by atoms with E-state index in [9.17, 15) is 0 Å². The third-order valence-electron chi connectivity index (χ3n) is 2.99. The highest BCUT2D eigenvalue weighted by Crippen LogP contribution is 2.34. The van der Waals surface area contributed by atoms with Crippen LogP contribution in [0.5, 0.6) is 0 Å². The van der Waals surface area contributed by atoms with Crippen LogP contribution >= 0.6 is 23.1 Å². The first-order chi connectivity index (χ1) is 9.69. The highest BCUT2D eigenvalue weighted by Gasteiger charge is 2.15. The molecule has 0 saturated carbocycles. The van der Waals surface area contributed by atoms with Crippen molar-refractivity contribution in [2.45, 2.75) is 11.8 Å². The zero-order valence-corrected chi connectivity index (χ0v) is 12.7. The predicted octanol–water partition coefficient (Wildman–Crippen LogP) is 4.08. The van der Waals surface area contributed by atoms with Gasteiger partial charge in [-0.15, -0.1) is 23.1 Å². The van der Waals surface area contributed by atoms with E-state index in [0.29, 0.717) is 17.4 Å². The van der Waals surface area contributed by atoms with Gasteiger partial charge in [-0.3, -0.25) is 0 Å². The summed E-state index contributed by atoms with van der Waals surface area (Å²) in [6, 6.07) is 8.06. The van der Waals surface area contributed by atoms with Gasteiger partial charge in [-0.1, -0.05) is 5.16 Å². The van der Waals surface area contributed by atoms with Crippen molar-refractivity contribution in [1.82, 2.24) is 10.1 Å². The van der Waals surface area contributed by atoms with Gasteiger partial charge < -0.3 is 10.3 Å². The van der Waals surface area contributed by atoms with E-state index >= 15 is 0 Å². The van der Waals surface area contributed by atoms with Crippen molar-refractivity contribution in [1.29, 1.82) is 0 Å². The molecule has 2 aromatic heterocycles. The van der Waals surface area contributed by atoms with E-state index in [1.165, 1.54) is 16.2 Å². The van der Waals surface area contributed by atoms with Crippen molar-refractivity contribution < 1.29 is 4.52 Å². The van der Waals surface area contributed by atoms with E-state index in [1.54, 1.807) is 11.8 Å². The van der Waals surface area contributed by atoms with Gasteiger partial charge in [0.05, 0.1) is 5.69 Å². The van der Waals surface area contributed by atoms with Crippen molar-refractivity contribution in [3.8, 4) is 22.2 Å². The highest BCUT2D eigenvalue weighted by atomic mass is 32.2. The first-order valence-corrected chi connectivity index (χ1v) is 8.11. The lowest BCUT2D eigenvalue weighted by Crippen LogP contribution is -1.87. The van der Waals surface area contributed by atoms with Crippen LogP contribution in [0.25, 0.3) is 22.2 Å². The maximum absolute atomic E-state index is 6.00. The molecule has 2 N–H and O–H groups in total. The summed E-state index contributed by atoms with van der Waals surface area (Å²) < 4.78 is 5.32. The Balaban J connectivity index is 1.95. The van der Waals surface area contributed by atoms with Gasteiger partial charge in [0.2, 0.25) is 5.82 Å². The second-order valence-corrected chi connectivity index (χ2v) is 6.07. The Kier molecular flexibility index (Phi) is 3.50. The van der Waals surface area contributed by atoms with E-state index < -0.39 is 0 Å². The fourth-order valence-electron chi connectivity index (χ4n) is 1.79. The summed E-state index contributed by atoms with van der Waals surface area (Å²) in [6.45, 7) is 1.97. The lowest BCUT2D eigenvalue weighted by Gasteiger charge is -1.96. The number of nitrogens with two attached hydrogens (primary N) is 1. The molecule has 0 unspecified atom stereocenters. The highest BCUT2D eigenvalue weighted by molar-refractivity contribution is 7.98. The van der Waals surface area contributed by atoms with Crippen molar-refractivity contribution >= 4 is 28.8 Å². The maximum Gasteiger partial charge on any atom is 0.270 e. The van der Waals surface area contributed by atoms with Crippen molar-refractivity contribution in [3.63, 3.8) is 0 Å². The van der Waals surface area contributed by atoms with Gasteiger partial charge >= 0.3 is 0 Å². The minimum Gasteiger partial charge on any atom is -0.397 e. The summed E-state index contributed by atoms with van der Waals surface area (Å²) in [6.07, 6.45) is 2.05. The van der Waals surface area contributed by atoms with E-state index in [4.69, 9.17) is 10.3 Å².